The molecule has 42 heavy (non-hydrogen) atoms. The predicted octanol–water partition coefficient (Wildman–Crippen LogP) is 2.90. The van der Waals surface area contributed by atoms with Crippen molar-refractivity contribution in [2.24, 2.45) is 5.73 Å². The summed E-state index contributed by atoms with van der Waals surface area (Å²) in [6, 6.07) is 10.6. The molecule has 226 valence electrons. The molecule has 0 heterocycles. The van der Waals surface area contributed by atoms with E-state index in [0.29, 0.717) is 15.6 Å². The quantitative estimate of drug-likeness (QED) is 0.173. The molecule has 4 amide bonds. The van der Waals surface area contributed by atoms with Gasteiger partial charge in [0.25, 0.3) is 5.91 Å². The molecule has 2 rings (SSSR count). The van der Waals surface area contributed by atoms with Crippen LogP contribution in [-0.2, 0) is 30.4 Å². The van der Waals surface area contributed by atoms with Crippen molar-refractivity contribution in [3.8, 4) is 0 Å². The molecule has 12 nitrogen and oxygen atoms in total. The summed E-state index contributed by atoms with van der Waals surface area (Å²) >= 11 is 17.0. The highest BCUT2D eigenvalue weighted by atomic mass is 35.5. The average molecular weight is 641 g/mol. The molecular formula is C27H31Cl2N5O7S. The van der Waals surface area contributed by atoms with Gasteiger partial charge in [0.1, 0.15) is 12.1 Å². The molecule has 0 aliphatic heterocycles. The second-order valence-electron chi connectivity index (χ2n) is 9.74. The zero-order valence-electron chi connectivity index (χ0n) is 23.1. The van der Waals surface area contributed by atoms with Crippen molar-refractivity contribution < 1.29 is 33.4 Å². The van der Waals surface area contributed by atoms with Gasteiger partial charge in [-0.1, -0.05) is 35.3 Å². The van der Waals surface area contributed by atoms with Crippen molar-refractivity contribution in [3.63, 3.8) is 0 Å². The summed E-state index contributed by atoms with van der Waals surface area (Å²) in [7, 11) is 0. The molecule has 0 aromatic heterocycles. The summed E-state index contributed by atoms with van der Waals surface area (Å²) in [6.07, 6.45) is -0.401. The number of esters is 2. The topological polar surface area (TPSA) is 169 Å². The van der Waals surface area contributed by atoms with Crippen LogP contribution in [0.4, 0.5) is 4.79 Å². The smallest absolute Gasteiger partial charge is 0.327 e. The van der Waals surface area contributed by atoms with Crippen LogP contribution in [0, 0.1) is 0 Å². The summed E-state index contributed by atoms with van der Waals surface area (Å²) in [5.74, 6) is -3.05. The lowest BCUT2D eigenvalue weighted by atomic mass is 10.1. The number of nitrogens with zero attached hydrogens (tertiary/aromatic N) is 1. The third-order valence-corrected chi connectivity index (χ3v) is 5.91. The van der Waals surface area contributed by atoms with E-state index in [4.69, 9.17) is 50.6 Å². The summed E-state index contributed by atoms with van der Waals surface area (Å²) < 4.78 is 10.2. The molecule has 15 heteroatoms. The summed E-state index contributed by atoms with van der Waals surface area (Å²) in [5, 5.41) is 7.84. The highest BCUT2D eigenvalue weighted by molar-refractivity contribution is 7.80. The minimum Gasteiger partial charge on any atom is -0.460 e. The number of hydrogen-bond donors (Lipinski definition) is 4. The molecule has 2 aromatic carbocycles. The standard InChI is InChI=1S/C27H31Cl2N5O7S/c1-27(2,3)41-21(35)12-20(30)24(38)31-14-22(36)40-15-34(25(39)32-13-16-4-8-18(28)9-5-16)26(42)33-23(37)17-6-10-19(29)11-7-17/h4-11,20H,12-15,30H2,1-3H3,(H,31,38)(H,32,39)(H,33,37,42)/t20-/m0/s1. The second-order valence-corrected chi connectivity index (χ2v) is 11.0. The Morgan fingerprint density at radius 3 is 2.07 bits per heavy atom. The first-order valence-corrected chi connectivity index (χ1v) is 13.6. The van der Waals surface area contributed by atoms with Crippen LogP contribution in [0.25, 0.3) is 0 Å². The van der Waals surface area contributed by atoms with E-state index in [1.807, 2.05) is 0 Å². The Morgan fingerprint density at radius 2 is 1.50 bits per heavy atom. The average Bonchev–Trinajstić information content (AvgIpc) is 2.90. The Bertz CT molecular complexity index is 1300. The molecule has 1 atom stereocenters. The molecule has 0 fully saturated rings. The van der Waals surface area contributed by atoms with Gasteiger partial charge in [0.2, 0.25) is 5.91 Å². The van der Waals surface area contributed by atoms with Gasteiger partial charge in [0, 0.05) is 22.2 Å². The minimum absolute atomic E-state index is 0.0692. The zero-order valence-corrected chi connectivity index (χ0v) is 25.4. The van der Waals surface area contributed by atoms with Crippen molar-refractivity contribution in [3.05, 3.63) is 69.7 Å². The lowest BCUT2D eigenvalue weighted by Gasteiger charge is -2.23. The lowest BCUT2D eigenvalue weighted by Crippen LogP contribution is -2.51. The van der Waals surface area contributed by atoms with Gasteiger partial charge in [-0.05, 0) is 75.0 Å². The molecule has 0 bridgehead atoms. The van der Waals surface area contributed by atoms with Crippen LogP contribution in [0.1, 0.15) is 43.1 Å². The van der Waals surface area contributed by atoms with E-state index in [2.05, 4.69) is 16.0 Å². The fraction of sp³-hybridized carbons (Fsp3) is 0.333. The van der Waals surface area contributed by atoms with Gasteiger partial charge in [-0.25, -0.2) is 9.69 Å². The van der Waals surface area contributed by atoms with Crippen LogP contribution in [0.2, 0.25) is 10.0 Å². The van der Waals surface area contributed by atoms with E-state index in [1.165, 1.54) is 24.3 Å². The normalized spacial score (nSPS) is 11.5. The van der Waals surface area contributed by atoms with E-state index in [1.54, 1.807) is 45.0 Å². The van der Waals surface area contributed by atoms with E-state index in [-0.39, 0.29) is 17.2 Å². The van der Waals surface area contributed by atoms with E-state index in [9.17, 15) is 24.0 Å². The van der Waals surface area contributed by atoms with Crippen LogP contribution < -0.4 is 21.7 Å². The molecule has 0 aliphatic carbocycles. The van der Waals surface area contributed by atoms with Crippen LogP contribution in [0.3, 0.4) is 0 Å². The van der Waals surface area contributed by atoms with Crippen molar-refractivity contribution in [1.29, 1.82) is 0 Å². The number of amides is 4. The largest absolute Gasteiger partial charge is 0.460 e. The Balaban J connectivity index is 1.99. The maximum atomic E-state index is 13.0. The number of thiocarbonyl (C=S) groups is 1. The minimum atomic E-state index is -1.27. The highest BCUT2D eigenvalue weighted by Crippen LogP contribution is 2.11. The lowest BCUT2D eigenvalue weighted by molar-refractivity contribution is -0.156. The summed E-state index contributed by atoms with van der Waals surface area (Å²) in [5.41, 5.74) is 5.90. The second kappa shape index (κ2) is 16.0. The van der Waals surface area contributed by atoms with Crippen LogP contribution in [0.5, 0.6) is 0 Å². The van der Waals surface area contributed by atoms with Crippen molar-refractivity contribution >= 4 is 70.3 Å². The molecule has 0 radical (unpaired) electrons. The third-order valence-electron chi connectivity index (χ3n) is 5.08. The van der Waals surface area contributed by atoms with Gasteiger partial charge in [-0.2, -0.15) is 0 Å². The third kappa shape index (κ3) is 12.4. The first kappa shape index (κ1) is 34.4. The highest BCUT2D eigenvalue weighted by Gasteiger charge is 2.25. The first-order valence-electron chi connectivity index (χ1n) is 12.5. The van der Waals surface area contributed by atoms with Crippen molar-refractivity contribution in [2.45, 2.75) is 45.4 Å². The number of nitrogens with two attached hydrogens (primary N) is 1. The van der Waals surface area contributed by atoms with Crippen molar-refractivity contribution in [2.75, 3.05) is 13.3 Å². The number of halogens is 2. The van der Waals surface area contributed by atoms with Crippen LogP contribution >= 0.6 is 35.4 Å². The Hall–Kier alpha value is -3.78. The number of carbonyl (C=O) groups is 5. The molecule has 5 N–H and O–H groups in total. The van der Waals surface area contributed by atoms with Gasteiger partial charge < -0.3 is 25.8 Å². The summed E-state index contributed by atoms with van der Waals surface area (Å²) in [6.45, 7) is 3.75. The number of ether oxygens (including phenoxy) is 2. The number of carbonyl (C=O) groups excluding carboxylic acids is 5. The first-order chi connectivity index (χ1) is 19.6. The van der Waals surface area contributed by atoms with Gasteiger partial charge in [0.05, 0.1) is 12.5 Å². The number of nitrogens with one attached hydrogen (secondary N) is 3. The monoisotopic (exact) mass is 639 g/mol. The molecule has 2 aromatic rings. The molecule has 0 unspecified atom stereocenters. The zero-order chi connectivity index (χ0) is 31.4. The fourth-order valence-electron chi connectivity index (χ4n) is 3.06. The maximum absolute atomic E-state index is 13.0. The van der Waals surface area contributed by atoms with Crippen LogP contribution in [-0.4, -0.2) is 64.7 Å². The number of hydrogen-bond acceptors (Lipinski definition) is 9. The molecule has 0 spiro atoms. The predicted molar refractivity (Wildman–Crippen MR) is 159 cm³/mol. The number of urea groups is 1. The Morgan fingerprint density at radius 1 is 0.929 bits per heavy atom. The van der Waals surface area contributed by atoms with Gasteiger partial charge in [-0.3, -0.25) is 24.5 Å². The van der Waals surface area contributed by atoms with Crippen molar-refractivity contribution in [1.82, 2.24) is 20.9 Å². The van der Waals surface area contributed by atoms with Crippen LogP contribution in [0.15, 0.2) is 48.5 Å². The molecule has 0 saturated carbocycles. The SMILES string of the molecule is CC(C)(C)OC(=O)C[C@H](N)C(=O)NCC(=O)OCN(C(=O)NCc1ccc(Cl)cc1)C(=S)NC(=O)c1ccc(Cl)cc1. The van der Waals surface area contributed by atoms with Gasteiger partial charge in [0.15, 0.2) is 11.8 Å². The molecule has 0 aliphatic rings. The van der Waals surface area contributed by atoms with Gasteiger partial charge in [-0.15, -0.1) is 0 Å². The summed E-state index contributed by atoms with van der Waals surface area (Å²) in [4.78, 5) is 62.8. The Kier molecular flexibility index (Phi) is 13.1. The molecule has 0 saturated heterocycles. The maximum Gasteiger partial charge on any atom is 0.327 e. The fourth-order valence-corrected chi connectivity index (χ4v) is 3.54. The molecular weight excluding hydrogens is 609 g/mol. The number of benzene rings is 2. The van der Waals surface area contributed by atoms with Gasteiger partial charge >= 0.3 is 18.0 Å². The van der Waals surface area contributed by atoms with E-state index in [0.717, 1.165) is 4.90 Å². The Labute approximate surface area is 258 Å². The number of rotatable bonds is 10. The van der Waals surface area contributed by atoms with E-state index < -0.39 is 61.1 Å². The van der Waals surface area contributed by atoms with E-state index >= 15 is 0 Å².